The van der Waals surface area contributed by atoms with Gasteiger partial charge >= 0.3 is 6.18 Å². The SMILES string of the molecule is Cc1cccc(C(=O)c2cccc(C(F)(F)F)c2)c1F. The summed E-state index contributed by atoms with van der Waals surface area (Å²) in [4.78, 5) is 12.1. The first kappa shape index (κ1) is 14.2. The summed E-state index contributed by atoms with van der Waals surface area (Å²) in [5.41, 5.74) is -1.09. The standard InChI is InChI=1S/C15H10F4O/c1-9-4-2-7-12(13(9)16)14(20)10-5-3-6-11(8-10)15(17,18)19/h2-8H,1H3. The molecule has 0 spiro atoms. The molecule has 0 aromatic heterocycles. The van der Waals surface area contributed by atoms with E-state index in [0.29, 0.717) is 0 Å². The van der Waals surface area contributed by atoms with Crippen LogP contribution in [0.5, 0.6) is 0 Å². The Kier molecular flexibility index (Phi) is 3.61. The van der Waals surface area contributed by atoms with Crippen molar-refractivity contribution in [3.8, 4) is 0 Å². The number of ketones is 1. The van der Waals surface area contributed by atoms with E-state index in [1.807, 2.05) is 0 Å². The van der Waals surface area contributed by atoms with Crippen LogP contribution in [0, 0.1) is 12.7 Å². The lowest BCUT2D eigenvalue weighted by molar-refractivity contribution is -0.137. The number of carbonyl (C=O) groups excluding carboxylic acids is 1. The van der Waals surface area contributed by atoms with Gasteiger partial charge in [-0.05, 0) is 30.7 Å². The van der Waals surface area contributed by atoms with E-state index in [0.717, 1.165) is 18.2 Å². The molecule has 0 saturated carbocycles. The Morgan fingerprint density at radius 3 is 2.35 bits per heavy atom. The summed E-state index contributed by atoms with van der Waals surface area (Å²) >= 11 is 0. The summed E-state index contributed by atoms with van der Waals surface area (Å²) in [5, 5.41) is 0. The zero-order valence-corrected chi connectivity index (χ0v) is 10.5. The fraction of sp³-hybridized carbons (Fsp3) is 0.133. The average Bonchev–Trinajstić information content (AvgIpc) is 2.40. The molecule has 0 aliphatic heterocycles. The number of halogens is 4. The molecule has 104 valence electrons. The van der Waals surface area contributed by atoms with E-state index in [2.05, 4.69) is 0 Å². The smallest absolute Gasteiger partial charge is 0.288 e. The first-order valence-corrected chi connectivity index (χ1v) is 5.78. The monoisotopic (exact) mass is 282 g/mol. The van der Waals surface area contributed by atoms with Crippen LogP contribution in [0.2, 0.25) is 0 Å². The summed E-state index contributed by atoms with van der Waals surface area (Å²) in [7, 11) is 0. The maximum absolute atomic E-state index is 13.8. The van der Waals surface area contributed by atoms with E-state index in [1.54, 1.807) is 0 Å². The minimum atomic E-state index is -4.54. The second-order valence-corrected chi connectivity index (χ2v) is 4.34. The second-order valence-electron chi connectivity index (χ2n) is 4.34. The Morgan fingerprint density at radius 1 is 1.05 bits per heavy atom. The van der Waals surface area contributed by atoms with Crippen molar-refractivity contribution in [2.75, 3.05) is 0 Å². The van der Waals surface area contributed by atoms with Crippen LogP contribution in [0.25, 0.3) is 0 Å². The molecular formula is C15H10F4O. The average molecular weight is 282 g/mol. The topological polar surface area (TPSA) is 17.1 Å². The molecule has 1 nitrogen and oxygen atoms in total. The molecule has 0 atom stereocenters. The van der Waals surface area contributed by atoms with Gasteiger partial charge in [-0.15, -0.1) is 0 Å². The Bertz CT molecular complexity index is 659. The van der Waals surface area contributed by atoms with E-state index in [-0.39, 0.29) is 16.7 Å². The highest BCUT2D eigenvalue weighted by atomic mass is 19.4. The molecule has 0 aliphatic carbocycles. The van der Waals surface area contributed by atoms with Crippen molar-refractivity contribution in [3.63, 3.8) is 0 Å². The zero-order chi connectivity index (χ0) is 14.9. The van der Waals surface area contributed by atoms with E-state index in [4.69, 9.17) is 0 Å². The summed E-state index contributed by atoms with van der Waals surface area (Å²) in [5.74, 6) is -1.48. The number of hydrogen-bond acceptors (Lipinski definition) is 1. The molecular weight excluding hydrogens is 272 g/mol. The van der Waals surface area contributed by atoms with Gasteiger partial charge in [0, 0.05) is 5.56 Å². The summed E-state index contributed by atoms with van der Waals surface area (Å²) in [6, 6.07) is 8.18. The first-order valence-electron chi connectivity index (χ1n) is 5.78. The number of alkyl halides is 3. The molecule has 0 amide bonds. The summed E-state index contributed by atoms with van der Waals surface area (Å²) in [6.07, 6.45) is -4.54. The van der Waals surface area contributed by atoms with Gasteiger partial charge in [-0.25, -0.2) is 4.39 Å². The Balaban J connectivity index is 2.47. The van der Waals surface area contributed by atoms with Crippen LogP contribution >= 0.6 is 0 Å². The van der Waals surface area contributed by atoms with Gasteiger partial charge in [0.05, 0.1) is 11.1 Å². The molecule has 2 aromatic rings. The Morgan fingerprint density at radius 2 is 1.70 bits per heavy atom. The third-order valence-corrected chi connectivity index (χ3v) is 2.89. The molecule has 0 unspecified atom stereocenters. The van der Waals surface area contributed by atoms with Crippen molar-refractivity contribution >= 4 is 5.78 Å². The lowest BCUT2D eigenvalue weighted by Gasteiger charge is -2.09. The highest BCUT2D eigenvalue weighted by molar-refractivity contribution is 6.09. The molecule has 0 fully saturated rings. The molecule has 5 heteroatoms. The maximum atomic E-state index is 13.8. The van der Waals surface area contributed by atoms with Gasteiger partial charge in [-0.3, -0.25) is 4.79 Å². The van der Waals surface area contributed by atoms with Crippen molar-refractivity contribution in [3.05, 3.63) is 70.5 Å². The van der Waals surface area contributed by atoms with Gasteiger partial charge in [0.15, 0.2) is 5.78 Å². The third-order valence-electron chi connectivity index (χ3n) is 2.89. The van der Waals surface area contributed by atoms with Crippen molar-refractivity contribution in [2.45, 2.75) is 13.1 Å². The highest BCUT2D eigenvalue weighted by Crippen LogP contribution is 2.30. The van der Waals surface area contributed by atoms with E-state index >= 15 is 0 Å². The van der Waals surface area contributed by atoms with Crippen molar-refractivity contribution in [1.82, 2.24) is 0 Å². The lowest BCUT2D eigenvalue weighted by Crippen LogP contribution is -2.09. The van der Waals surface area contributed by atoms with E-state index in [1.165, 1.54) is 31.2 Å². The normalized spacial score (nSPS) is 11.4. The molecule has 0 bridgehead atoms. The molecule has 2 rings (SSSR count). The maximum Gasteiger partial charge on any atom is 0.416 e. The van der Waals surface area contributed by atoms with Gasteiger partial charge in [-0.1, -0.05) is 24.3 Å². The van der Waals surface area contributed by atoms with E-state index < -0.39 is 23.3 Å². The first-order chi connectivity index (χ1) is 9.30. The van der Waals surface area contributed by atoms with Crippen LogP contribution in [0.4, 0.5) is 17.6 Å². The highest BCUT2D eigenvalue weighted by Gasteiger charge is 2.31. The predicted octanol–water partition coefficient (Wildman–Crippen LogP) is 4.38. The molecule has 0 heterocycles. The quantitative estimate of drug-likeness (QED) is 0.590. The minimum absolute atomic E-state index is 0.190. The fourth-order valence-corrected chi connectivity index (χ4v) is 1.82. The van der Waals surface area contributed by atoms with Gasteiger partial charge in [0.25, 0.3) is 0 Å². The van der Waals surface area contributed by atoms with Gasteiger partial charge in [0.1, 0.15) is 5.82 Å². The van der Waals surface area contributed by atoms with Crippen molar-refractivity contribution in [2.24, 2.45) is 0 Å². The number of benzene rings is 2. The lowest BCUT2D eigenvalue weighted by atomic mass is 9.99. The van der Waals surface area contributed by atoms with Crippen LogP contribution in [0.1, 0.15) is 27.0 Å². The largest absolute Gasteiger partial charge is 0.416 e. The molecule has 0 N–H and O–H groups in total. The summed E-state index contributed by atoms with van der Waals surface area (Å²) < 4.78 is 51.6. The van der Waals surface area contributed by atoms with Gasteiger partial charge < -0.3 is 0 Å². The summed E-state index contributed by atoms with van der Waals surface area (Å²) in [6.45, 7) is 1.48. The number of carbonyl (C=O) groups is 1. The molecule has 2 aromatic carbocycles. The van der Waals surface area contributed by atoms with Crippen LogP contribution < -0.4 is 0 Å². The molecule has 0 radical (unpaired) electrons. The number of aryl methyl sites for hydroxylation is 1. The van der Waals surface area contributed by atoms with Crippen LogP contribution in [-0.2, 0) is 6.18 Å². The molecule has 0 aliphatic rings. The van der Waals surface area contributed by atoms with E-state index in [9.17, 15) is 22.4 Å². The molecule has 20 heavy (non-hydrogen) atoms. The third kappa shape index (κ3) is 2.71. The van der Waals surface area contributed by atoms with Crippen LogP contribution in [0.15, 0.2) is 42.5 Å². The Labute approximate surface area is 112 Å². The minimum Gasteiger partial charge on any atom is -0.288 e. The zero-order valence-electron chi connectivity index (χ0n) is 10.5. The van der Waals surface area contributed by atoms with Crippen LogP contribution in [-0.4, -0.2) is 5.78 Å². The van der Waals surface area contributed by atoms with Crippen molar-refractivity contribution < 1.29 is 22.4 Å². The number of rotatable bonds is 2. The van der Waals surface area contributed by atoms with Crippen molar-refractivity contribution in [1.29, 1.82) is 0 Å². The predicted molar refractivity (Wildman–Crippen MR) is 66.0 cm³/mol. The second kappa shape index (κ2) is 5.07. The fourth-order valence-electron chi connectivity index (χ4n) is 1.82. The van der Waals surface area contributed by atoms with Crippen LogP contribution in [0.3, 0.4) is 0 Å². The molecule has 0 saturated heterocycles. The number of hydrogen-bond donors (Lipinski definition) is 0. The Hall–Kier alpha value is -2.17. The van der Waals surface area contributed by atoms with Gasteiger partial charge in [-0.2, -0.15) is 13.2 Å². The van der Waals surface area contributed by atoms with Gasteiger partial charge in [0.2, 0.25) is 0 Å².